The number of fused-ring (bicyclic) bond motifs is 2. The molecule has 7 heteroatoms. The molecule has 0 saturated heterocycles. The number of amides is 1. The zero-order valence-corrected chi connectivity index (χ0v) is 15.1. The molecule has 2 aromatic heterocycles. The third-order valence-corrected chi connectivity index (χ3v) is 6.75. The number of hydrogen-bond acceptors (Lipinski definition) is 5. The van der Waals surface area contributed by atoms with Gasteiger partial charge in [-0.05, 0) is 51.4 Å². The molecule has 132 valence electrons. The molecule has 1 fully saturated rings. The van der Waals surface area contributed by atoms with Gasteiger partial charge in [0.1, 0.15) is 11.6 Å². The third kappa shape index (κ3) is 2.99. The minimum absolute atomic E-state index is 0.00415. The molecule has 1 amide bonds. The first kappa shape index (κ1) is 15.5. The van der Waals surface area contributed by atoms with E-state index in [0.29, 0.717) is 10.9 Å². The molecule has 6 nitrogen and oxygen atoms in total. The average Bonchev–Trinajstić information content (AvgIpc) is 3.29. The molecule has 2 aromatic rings. The number of nitrogens with zero attached hydrogens (tertiary/aromatic N) is 4. The summed E-state index contributed by atoms with van der Waals surface area (Å²) in [5, 5.41) is 12.6. The second-order valence-electron chi connectivity index (χ2n) is 7.49. The smallest absolute Gasteiger partial charge is 0.280 e. The van der Waals surface area contributed by atoms with Crippen LogP contribution in [0.15, 0.2) is 0 Å². The maximum Gasteiger partial charge on any atom is 0.280 e. The predicted octanol–water partition coefficient (Wildman–Crippen LogP) is 2.63. The Kier molecular flexibility index (Phi) is 3.84. The lowest BCUT2D eigenvalue weighted by Gasteiger charge is -2.15. The summed E-state index contributed by atoms with van der Waals surface area (Å²) in [5.41, 5.74) is 1.16. The zero-order chi connectivity index (χ0) is 16.8. The summed E-state index contributed by atoms with van der Waals surface area (Å²) < 4.78 is 2.30. The van der Waals surface area contributed by atoms with Crippen LogP contribution in [0.2, 0.25) is 0 Å². The van der Waals surface area contributed by atoms with Crippen molar-refractivity contribution in [2.24, 2.45) is 0 Å². The highest BCUT2D eigenvalue weighted by atomic mass is 32.1. The molecule has 0 radical (unpaired) electrons. The molecule has 1 N–H and O–H groups in total. The minimum Gasteiger partial charge on any atom is -0.347 e. The minimum atomic E-state index is 0.00415. The van der Waals surface area contributed by atoms with Gasteiger partial charge in [-0.15, -0.1) is 21.5 Å². The molecule has 0 bridgehead atoms. The van der Waals surface area contributed by atoms with Crippen LogP contribution in [-0.2, 0) is 25.8 Å². The highest BCUT2D eigenvalue weighted by Crippen LogP contribution is 2.39. The van der Waals surface area contributed by atoms with Gasteiger partial charge >= 0.3 is 0 Å². The van der Waals surface area contributed by atoms with Gasteiger partial charge in [-0.25, -0.2) is 4.98 Å². The molecule has 3 aliphatic rings. The standard InChI is InChI=1S/C18H23N5OS/c24-17(18-20-13-3-1-2-4-14(13)25-18)19-12-7-8-15-21-22-16(11-5-6-11)23(15)10-9-12/h11-12H,1-10H2,(H,19,24). The van der Waals surface area contributed by atoms with Gasteiger partial charge in [0, 0.05) is 29.8 Å². The van der Waals surface area contributed by atoms with Crippen LogP contribution in [0.1, 0.15) is 76.5 Å². The average molecular weight is 357 g/mol. The van der Waals surface area contributed by atoms with Crippen LogP contribution in [0.25, 0.3) is 0 Å². The largest absolute Gasteiger partial charge is 0.347 e. The Morgan fingerprint density at radius 1 is 1.08 bits per heavy atom. The number of hydrogen-bond donors (Lipinski definition) is 1. The van der Waals surface area contributed by atoms with E-state index < -0.39 is 0 Å². The fourth-order valence-corrected chi connectivity index (χ4v) is 5.05. The summed E-state index contributed by atoms with van der Waals surface area (Å²) in [7, 11) is 0. The lowest BCUT2D eigenvalue weighted by atomic mass is 10.0. The fraction of sp³-hybridized carbons (Fsp3) is 0.667. The molecule has 0 aromatic carbocycles. The zero-order valence-electron chi connectivity index (χ0n) is 14.3. The van der Waals surface area contributed by atoms with Crippen LogP contribution < -0.4 is 5.32 Å². The van der Waals surface area contributed by atoms with Crippen LogP contribution in [0.5, 0.6) is 0 Å². The number of aromatic nitrogens is 4. The van der Waals surface area contributed by atoms with Crippen molar-refractivity contribution in [1.29, 1.82) is 0 Å². The van der Waals surface area contributed by atoms with Crippen LogP contribution in [-0.4, -0.2) is 31.7 Å². The van der Waals surface area contributed by atoms with Gasteiger partial charge in [-0.1, -0.05) is 0 Å². The van der Waals surface area contributed by atoms with Crippen molar-refractivity contribution in [1.82, 2.24) is 25.1 Å². The first-order valence-corrected chi connectivity index (χ1v) is 10.3. The molecule has 1 saturated carbocycles. The summed E-state index contributed by atoms with van der Waals surface area (Å²) in [6.07, 6.45) is 9.79. The summed E-state index contributed by atoms with van der Waals surface area (Å²) in [6.45, 7) is 0.910. The maximum absolute atomic E-state index is 12.6. The van der Waals surface area contributed by atoms with Gasteiger partial charge in [0.15, 0.2) is 5.01 Å². The Labute approximate surface area is 151 Å². The maximum atomic E-state index is 12.6. The number of thiazole rings is 1. The van der Waals surface area contributed by atoms with E-state index in [2.05, 4.69) is 25.1 Å². The monoisotopic (exact) mass is 357 g/mol. The van der Waals surface area contributed by atoms with Gasteiger partial charge in [0.2, 0.25) is 0 Å². The number of aryl methyl sites for hydroxylation is 3. The molecule has 0 spiro atoms. The molecule has 1 atom stereocenters. The third-order valence-electron chi connectivity index (χ3n) is 5.59. The second-order valence-corrected chi connectivity index (χ2v) is 8.58. The lowest BCUT2D eigenvalue weighted by Crippen LogP contribution is -2.35. The van der Waals surface area contributed by atoms with Gasteiger partial charge in [-0.2, -0.15) is 0 Å². The fourth-order valence-electron chi connectivity index (χ4n) is 3.99. The second kappa shape index (κ2) is 6.20. The quantitative estimate of drug-likeness (QED) is 0.916. The van der Waals surface area contributed by atoms with Crippen molar-refractivity contribution in [3.8, 4) is 0 Å². The Morgan fingerprint density at radius 3 is 2.80 bits per heavy atom. The SMILES string of the molecule is O=C(NC1CCc2nnc(C3CC3)n2CC1)c1nc2c(s1)CCCC2. The molecule has 5 rings (SSSR count). The first-order valence-electron chi connectivity index (χ1n) is 9.49. The Morgan fingerprint density at radius 2 is 1.96 bits per heavy atom. The number of rotatable bonds is 3. The van der Waals surface area contributed by atoms with Crippen molar-refractivity contribution in [3.05, 3.63) is 27.2 Å². The van der Waals surface area contributed by atoms with Crippen LogP contribution in [0.3, 0.4) is 0 Å². The van der Waals surface area contributed by atoms with E-state index in [-0.39, 0.29) is 11.9 Å². The highest BCUT2D eigenvalue weighted by Gasteiger charge is 2.31. The summed E-state index contributed by atoms with van der Waals surface area (Å²) >= 11 is 1.59. The summed E-state index contributed by atoms with van der Waals surface area (Å²) in [6, 6.07) is 0.196. The van der Waals surface area contributed by atoms with Gasteiger partial charge in [0.05, 0.1) is 5.69 Å². The summed E-state index contributed by atoms with van der Waals surface area (Å²) in [4.78, 5) is 18.6. The van der Waals surface area contributed by atoms with E-state index in [9.17, 15) is 4.79 Å². The molecule has 2 aliphatic carbocycles. The molecular weight excluding hydrogens is 334 g/mol. The molecule has 1 aliphatic heterocycles. The van der Waals surface area contributed by atoms with Crippen molar-refractivity contribution in [2.45, 2.75) is 76.3 Å². The van der Waals surface area contributed by atoms with Gasteiger partial charge in [-0.3, -0.25) is 4.79 Å². The number of carbonyl (C=O) groups is 1. The van der Waals surface area contributed by atoms with E-state index >= 15 is 0 Å². The van der Waals surface area contributed by atoms with Crippen molar-refractivity contribution >= 4 is 17.2 Å². The van der Waals surface area contributed by atoms with E-state index in [1.54, 1.807) is 11.3 Å². The van der Waals surface area contributed by atoms with Crippen molar-refractivity contribution in [2.75, 3.05) is 0 Å². The van der Waals surface area contributed by atoms with Crippen molar-refractivity contribution in [3.63, 3.8) is 0 Å². The molecule has 3 heterocycles. The Balaban J connectivity index is 1.25. The molecule has 1 unspecified atom stereocenters. The van der Waals surface area contributed by atoms with Gasteiger partial charge < -0.3 is 9.88 Å². The van der Waals surface area contributed by atoms with E-state index in [1.807, 2.05) is 0 Å². The Hall–Kier alpha value is -1.76. The lowest BCUT2D eigenvalue weighted by molar-refractivity contribution is 0.0932. The molecular formula is C18H23N5OS. The van der Waals surface area contributed by atoms with Crippen LogP contribution in [0.4, 0.5) is 0 Å². The number of nitrogens with one attached hydrogen (secondary N) is 1. The van der Waals surface area contributed by atoms with E-state index in [0.717, 1.165) is 56.0 Å². The normalized spacial score (nSPS) is 22.8. The van der Waals surface area contributed by atoms with Crippen LogP contribution in [0, 0.1) is 0 Å². The molecule has 25 heavy (non-hydrogen) atoms. The van der Waals surface area contributed by atoms with E-state index in [4.69, 9.17) is 0 Å². The van der Waals surface area contributed by atoms with Gasteiger partial charge in [0.25, 0.3) is 5.91 Å². The van der Waals surface area contributed by atoms with Crippen molar-refractivity contribution < 1.29 is 4.79 Å². The van der Waals surface area contributed by atoms with E-state index in [1.165, 1.54) is 30.6 Å². The van der Waals surface area contributed by atoms with Crippen LogP contribution >= 0.6 is 11.3 Å². The highest BCUT2D eigenvalue weighted by molar-refractivity contribution is 7.13. The Bertz CT molecular complexity index is 783. The number of carbonyl (C=O) groups excluding carboxylic acids is 1. The predicted molar refractivity (Wildman–Crippen MR) is 94.9 cm³/mol. The summed E-state index contributed by atoms with van der Waals surface area (Å²) in [5.74, 6) is 2.87. The first-order chi connectivity index (χ1) is 12.3. The topological polar surface area (TPSA) is 72.7 Å².